The van der Waals surface area contributed by atoms with Gasteiger partial charge < -0.3 is 24.8 Å². The zero-order chi connectivity index (χ0) is 19.6. The first-order valence-corrected chi connectivity index (χ1v) is 9.96. The van der Waals surface area contributed by atoms with Crippen LogP contribution in [0.25, 0.3) is 10.9 Å². The van der Waals surface area contributed by atoms with Gasteiger partial charge in [0.05, 0.1) is 6.26 Å². The van der Waals surface area contributed by atoms with Crippen molar-refractivity contribution in [3.05, 3.63) is 59.7 Å². The predicted molar refractivity (Wildman–Crippen MR) is 114 cm³/mol. The van der Waals surface area contributed by atoms with Crippen molar-refractivity contribution in [1.82, 2.24) is 15.6 Å². The van der Waals surface area contributed by atoms with Gasteiger partial charge in [0.15, 0.2) is 5.96 Å². The molecule has 0 aliphatic carbocycles. The van der Waals surface area contributed by atoms with Gasteiger partial charge in [0.2, 0.25) is 0 Å². The van der Waals surface area contributed by atoms with E-state index in [-0.39, 0.29) is 0 Å². The van der Waals surface area contributed by atoms with Crippen LogP contribution in [0.4, 0.5) is 0 Å². The third-order valence-electron chi connectivity index (χ3n) is 4.58. The molecule has 0 saturated heterocycles. The van der Waals surface area contributed by atoms with Gasteiger partial charge in [-0.3, -0.25) is 4.99 Å². The van der Waals surface area contributed by atoms with Crippen LogP contribution in [-0.4, -0.2) is 37.2 Å². The Kier molecular flexibility index (Phi) is 7.55. The number of ether oxygens (including phenoxy) is 1. The fraction of sp³-hybridized carbons (Fsp3) is 0.409. The number of aromatic amines is 1. The first-order chi connectivity index (χ1) is 13.8. The summed E-state index contributed by atoms with van der Waals surface area (Å²) in [5.41, 5.74) is 3.84. The van der Waals surface area contributed by atoms with E-state index in [1.54, 1.807) is 6.26 Å². The van der Waals surface area contributed by atoms with Crippen molar-refractivity contribution >= 4 is 16.9 Å². The molecule has 6 nitrogen and oxygen atoms in total. The summed E-state index contributed by atoms with van der Waals surface area (Å²) in [4.78, 5) is 8.02. The monoisotopic (exact) mass is 382 g/mol. The van der Waals surface area contributed by atoms with Crippen molar-refractivity contribution in [2.45, 2.75) is 33.3 Å². The molecular weight excluding hydrogens is 352 g/mol. The van der Waals surface area contributed by atoms with Gasteiger partial charge >= 0.3 is 0 Å². The van der Waals surface area contributed by atoms with E-state index < -0.39 is 0 Å². The summed E-state index contributed by atoms with van der Waals surface area (Å²) in [6.45, 7) is 7.78. The van der Waals surface area contributed by atoms with E-state index in [0.717, 1.165) is 44.2 Å². The van der Waals surface area contributed by atoms with E-state index in [2.05, 4.69) is 58.9 Å². The number of furan rings is 1. The molecule has 0 radical (unpaired) electrons. The van der Waals surface area contributed by atoms with Gasteiger partial charge in [0.1, 0.15) is 12.4 Å². The number of rotatable bonds is 10. The smallest absolute Gasteiger partial charge is 0.191 e. The summed E-state index contributed by atoms with van der Waals surface area (Å²) in [5, 5.41) is 8.02. The number of fused-ring (bicyclic) bond motifs is 1. The van der Waals surface area contributed by atoms with E-state index in [9.17, 15) is 0 Å². The van der Waals surface area contributed by atoms with E-state index in [1.807, 2.05) is 12.1 Å². The number of guanidine groups is 1. The van der Waals surface area contributed by atoms with Crippen molar-refractivity contribution in [2.75, 3.05) is 26.2 Å². The Labute approximate surface area is 166 Å². The first-order valence-electron chi connectivity index (χ1n) is 9.96. The van der Waals surface area contributed by atoms with Gasteiger partial charge in [-0.25, -0.2) is 0 Å². The minimum Gasteiger partial charge on any atom is -0.467 e. The second kappa shape index (κ2) is 10.6. The molecule has 0 spiro atoms. The lowest BCUT2D eigenvalue weighted by Gasteiger charge is -2.11. The maximum absolute atomic E-state index is 5.59. The second-order valence-corrected chi connectivity index (χ2v) is 6.73. The molecular formula is C22H30N4O2. The lowest BCUT2D eigenvalue weighted by atomic mass is 10.1. The highest BCUT2D eigenvalue weighted by atomic mass is 16.5. The zero-order valence-electron chi connectivity index (χ0n) is 16.8. The maximum Gasteiger partial charge on any atom is 0.191 e. The molecule has 0 aliphatic heterocycles. The average molecular weight is 383 g/mol. The third-order valence-corrected chi connectivity index (χ3v) is 4.58. The molecule has 3 N–H and O–H groups in total. The van der Waals surface area contributed by atoms with Crippen molar-refractivity contribution in [3.63, 3.8) is 0 Å². The maximum atomic E-state index is 5.59. The van der Waals surface area contributed by atoms with Crippen molar-refractivity contribution in [3.8, 4) is 0 Å². The van der Waals surface area contributed by atoms with Crippen LogP contribution < -0.4 is 10.6 Å². The number of nitrogens with zero attached hydrogens (tertiary/aromatic N) is 1. The summed E-state index contributed by atoms with van der Waals surface area (Å²) in [5.74, 6) is 1.70. The summed E-state index contributed by atoms with van der Waals surface area (Å²) < 4.78 is 10.8. The Morgan fingerprint density at radius 3 is 2.96 bits per heavy atom. The van der Waals surface area contributed by atoms with Crippen LogP contribution in [0.5, 0.6) is 0 Å². The fourth-order valence-corrected chi connectivity index (χ4v) is 3.15. The number of aryl methyl sites for hydroxylation is 1. The molecule has 0 atom stereocenters. The molecule has 1 aromatic carbocycles. The molecule has 0 aliphatic rings. The third kappa shape index (κ3) is 5.63. The van der Waals surface area contributed by atoms with Gasteiger partial charge in [-0.2, -0.15) is 0 Å². The van der Waals surface area contributed by atoms with Gasteiger partial charge in [-0.1, -0.05) is 18.2 Å². The van der Waals surface area contributed by atoms with E-state index in [1.165, 1.54) is 22.0 Å². The number of benzene rings is 1. The summed E-state index contributed by atoms with van der Waals surface area (Å²) >= 11 is 0. The zero-order valence-corrected chi connectivity index (χ0v) is 16.8. The molecule has 28 heavy (non-hydrogen) atoms. The van der Waals surface area contributed by atoms with E-state index in [4.69, 9.17) is 9.15 Å². The number of para-hydroxylation sites is 1. The number of aliphatic imine (C=N–C) groups is 1. The predicted octanol–water partition coefficient (Wildman–Crippen LogP) is 3.77. The largest absolute Gasteiger partial charge is 0.467 e. The summed E-state index contributed by atoms with van der Waals surface area (Å²) in [6.07, 6.45) is 5.59. The minimum atomic E-state index is 0.513. The molecule has 3 rings (SSSR count). The molecule has 0 bridgehead atoms. The highest BCUT2D eigenvalue weighted by Gasteiger charge is 2.05. The SMILES string of the molecule is CCNC(=NCCCOCc1ccco1)NCCc1c[nH]c2c(C)cccc12. The van der Waals surface area contributed by atoms with Crippen molar-refractivity contribution in [1.29, 1.82) is 0 Å². The molecule has 6 heteroatoms. The average Bonchev–Trinajstić information content (AvgIpc) is 3.35. The van der Waals surface area contributed by atoms with E-state index in [0.29, 0.717) is 13.2 Å². The van der Waals surface area contributed by atoms with Gasteiger partial charge in [-0.15, -0.1) is 0 Å². The summed E-state index contributed by atoms with van der Waals surface area (Å²) in [6, 6.07) is 10.2. The van der Waals surface area contributed by atoms with Crippen molar-refractivity contribution in [2.24, 2.45) is 4.99 Å². The summed E-state index contributed by atoms with van der Waals surface area (Å²) in [7, 11) is 0. The Bertz CT molecular complexity index is 868. The Balaban J connectivity index is 1.40. The minimum absolute atomic E-state index is 0.513. The molecule has 2 aromatic heterocycles. The fourth-order valence-electron chi connectivity index (χ4n) is 3.15. The Morgan fingerprint density at radius 1 is 1.21 bits per heavy atom. The lowest BCUT2D eigenvalue weighted by molar-refractivity contribution is 0.105. The van der Waals surface area contributed by atoms with E-state index >= 15 is 0 Å². The molecule has 150 valence electrons. The highest BCUT2D eigenvalue weighted by Crippen LogP contribution is 2.21. The topological polar surface area (TPSA) is 74.6 Å². The molecule has 3 aromatic rings. The van der Waals surface area contributed by atoms with Crippen LogP contribution in [-0.2, 0) is 17.8 Å². The lowest BCUT2D eigenvalue weighted by Crippen LogP contribution is -2.38. The number of hydrogen-bond acceptors (Lipinski definition) is 3. The van der Waals surface area contributed by atoms with Crippen LogP contribution in [0.3, 0.4) is 0 Å². The van der Waals surface area contributed by atoms with Crippen LogP contribution in [0.15, 0.2) is 52.2 Å². The Morgan fingerprint density at radius 2 is 2.14 bits per heavy atom. The van der Waals surface area contributed by atoms with Gasteiger partial charge in [-0.05, 0) is 49.9 Å². The second-order valence-electron chi connectivity index (χ2n) is 6.73. The first kappa shape index (κ1) is 20.0. The number of hydrogen-bond donors (Lipinski definition) is 3. The molecule has 0 unspecified atom stereocenters. The number of H-pyrrole nitrogens is 1. The van der Waals surface area contributed by atoms with Crippen LogP contribution in [0, 0.1) is 6.92 Å². The van der Waals surface area contributed by atoms with Gasteiger partial charge in [0.25, 0.3) is 0 Å². The molecule has 0 amide bonds. The molecule has 2 heterocycles. The van der Waals surface area contributed by atoms with Gasteiger partial charge in [0, 0.05) is 43.3 Å². The number of nitrogens with one attached hydrogen (secondary N) is 3. The van der Waals surface area contributed by atoms with Crippen LogP contribution in [0.1, 0.15) is 30.2 Å². The molecule has 0 fully saturated rings. The highest BCUT2D eigenvalue weighted by molar-refractivity contribution is 5.86. The van der Waals surface area contributed by atoms with Crippen LogP contribution in [0.2, 0.25) is 0 Å². The Hall–Kier alpha value is -2.73. The quantitative estimate of drug-likeness (QED) is 0.283. The normalized spacial score (nSPS) is 11.9. The standard InChI is InChI=1S/C22H30N4O2/c1-3-23-22(24-11-6-13-27-16-19-8-5-14-28-19)25-12-10-18-15-26-21-17(2)7-4-9-20(18)21/h4-5,7-9,14-15,26H,3,6,10-13,16H2,1-2H3,(H2,23,24,25). The van der Waals surface area contributed by atoms with Crippen molar-refractivity contribution < 1.29 is 9.15 Å². The molecule has 0 saturated carbocycles. The number of aromatic nitrogens is 1. The van der Waals surface area contributed by atoms with Crippen LogP contribution >= 0.6 is 0 Å².